The Bertz CT molecular complexity index is 708. The summed E-state index contributed by atoms with van der Waals surface area (Å²) >= 11 is 17.9. The molecule has 0 bridgehead atoms. The molecular weight excluding hydrogens is 341 g/mol. The van der Waals surface area contributed by atoms with Gasteiger partial charge in [-0.25, -0.2) is 4.98 Å². The van der Waals surface area contributed by atoms with Crippen LogP contribution in [0.3, 0.4) is 0 Å². The van der Waals surface area contributed by atoms with Crippen LogP contribution in [0.4, 0.5) is 5.69 Å². The van der Waals surface area contributed by atoms with Crippen LogP contribution in [0.5, 0.6) is 0 Å². The number of pyridine rings is 1. The van der Waals surface area contributed by atoms with Crippen LogP contribution in [-0.2, 0) is 13.0 Å². The van der Waals surface area contributed by atoms with Crippen molar-refractivity contribution in [3.8, 4) is 0 Å². The van der Waals surface area contributed by atoms with Crippen molar-refractivity contribution >= 4 is 46.2 Å². The number of hydrogen-bond donors (Lipinski definition) is 1. The molecule has 0 saturated heterocycles. The number of hydrogen-bond acceptors (Lipinski definition) is 3. The molecule has 1 aliphatic rings. The molecule has 0 radical (unpaired) electrons. The zero-order valence-corrected chi connectivity index (χ0v) is 14.0. The number of nitrogens with zero attached hydrogens (tertiary/aromatic N) is 2. The zero-order chi connectivity index (χ0) is 15.5. The Hall–Kier alpha value is -1.13. The van der Waals surface area contributed by atoms with E-state index in [1.165, 1.54) is 0 Å². The molecule has 1 aromatic heterocycles. The third kappa shape index (κ3) is 3.99. The van der Waals surface area contributed by atoms with Crippen LogP contribution in [0.15, 0.2) is 35.5 Å². The molecule has 3 nitrogen and oxygen atoms in total. The maximum Gasteiger partial charge on any atom is 0.129 e. The largest absolute Gasteiger partial charge is 0.312 e. The minimum Gasteiger partial charge on any atom is -0.312 e. The molecule has 0 amide bonds. The summed E-state index contributed by atoms with van der Waals surface area (Å²) in [6.07, 6.45) is 3.47. The summed E-state index contributed by atoms with van der Waals surface area (Å²) in [5, 5.41) is 5.21. The first kappa shape index (κ1) is 15.8. The second-order valence-corrected chi connectivity index (χ2v) is 6.46. The lowest BCUT2D eigenvalue weighted by Gasteiger charge is -2.06. The molecule has 0 unspecified atom stereocenters. The first-order valence-electron chi connectivity index (χ1n) is 6.97. The van der Waals surface area contributed by atoms with E-state index >= 15 is 0 Å². The van der Waals surface area contributed by atoms with E-state index in [1.54, 1.807) is 12.3 Å². The second-order valence-electron chi connectivity index (χ2n) is 5.20. The van der Waals surface area contributed by atoms with E-state index < -0.39 is 0 Å². The first-order valence-corrected chi connectivity index (χ1v) is 8.10. The average molecular weight is 355 g/mol. The highest BCUT2D eigenvalue weighted by Crippen LogP contribution is 2.28. The Morgan fingerprint density at radius 2 is 1.82 bits per heavy atom. The topological polar surface area (TPSA) is 37.3 Å². The van der Waals surface area contributed by atoms with E-state index in [-0.39, 0.29) is 0 Å². The van der Waals surface area contributed by atoms with Gasteiger partial charge in [-0.1, -0.05) is 34.8 Å². The Labute approximate surface area is 144 Å². The maximum absolute atomic E-state index is 5.98. The minimum atomic E-state index is 0.520. The van der Waals surface area contributed by atoms with Gasteiger partial charge >= 0.3 is 0 Å². The van der Waals surface area contributed by atoms with Gasteiger partial charge in [0.05, 0.1) is 11.9 Å². The highest BCUT2D eigenvalue weighted by atomic mass is 35.5. The summed E-state index contributed by atoms with van der Waals surface area (Å²) in [5.41, 5.74) is 4.30. The van der Waals surface area contributed by atoms with Crippen molar-refractivity contribution in [1.82, 2.24) is 10.3 Å². The summed E-state index contributed by atoms with van der Waals surface area (Å²) < 4.78 is 0. The summed E-state index contributed by atoms with van der Waals surface area (Å²) in [5.74, 6) is 0. The molecule has 3 rings (SSSR count). The third-order valence-electron chi connectivity index (χ3n) is 3.45. The molecule has 1 aliphatic heterocycles. The van der Waals surface area contributed by atoms with Crippen LogP contribution >= 0.6 is 34.8 Å². The fourth-order valence-corrected chi connectivity index (χ4v) is 3.21. The van der Waals surface area contributed by atoms with Gasteiger partial charge in [0.25, 0.3) is 0 Å². The van der Waals surface area contributed by atoms with Crippen LogP contribution in [0.2, 0.25) is 15.2 Å². The maximum atomic E-state index is 5.98. The lowest BCUT2D eigenvalue weighted by Crippen LogP contribution is -2.18. The normalized spacial score (nSPS) is 13.1. The SMILES string of the molecule is Clc1cc(Cl)cc(CNCCC2=Nc3cnc(Cl)cc3C2)c1. The molecule has 0 fully saturated rings. The van der Waals surface area contributed by atoms with Gasteiger partial charge in [0.2, 0.25) is 0 Å². The molecule has 22 heavy (non-hydrogen) atoms. The molecule has 6 heteroatoms. The molecule has 0 spiro atoms. The highest BCUT2D eigenvalue weighted by Gasteiger charge is 2.14. The van der Waals surface area contributed by atoms with Gasteiger partial charge in [-0.15, -0.1) is 0 Å². The monoisotopic (exact) mass is 353 g/mol. The number of nitrogens with one attached hydrogen (secondary N) is 1. The van der Waals surface area contributed by atoms with Crippen molar-refractivity contribution in [2.24, 2.45) is 4.99 Å². The minimum absolute atomic E-state index is 0.520. The quantitative estimate of drug-likeness (QED) is 0.615. The molecule has 2 heterocycles. The Morgan fingerprint density at radius 1 is 1.05 bits per heavy atom. The van der Waals surface area contributed by atoms with E-state index in [1.807, 2.05) is 18.2 Å². The molecule has 0 atom stereocenters. The first-order chi connectivity index (χ1) is 10.6. The molecule has 2 aromatic rings. The molecule has 114 valence electrons. The fraction of sp³-hybridized carbons (Fsp3) is 0.250. The standard InChI is InChI=1S/C16H14Cl3N3/c17-12-3-10(4-13(18)7-12)8-20-2-1-14-5-11-6-16(19)21-9-15(11)22-14/h3-4,6-7,9,20H,1-2,5,8H2. The third-order valence-corrected chi connectivity index (χ3v) is 4.09. The average Bonchev–Trinajstić information content (AvgIpc) is 2.84. The molecule has 0 aliphatic carbocycles. The lowest BCUT2D eigenvalue weighted by atomic mass is 10.1. The van der Waals surface area contributed by atoms with E-state index in [2.05, 4.69) is 15.3 Å². The number of aromatic nitrogens is 1. The predicted molar refractivity (Wildman–Crippen MR) is 92.8 cm³/mol. The van der Waals surface area contributed by atoms with Gasteiger partial charge in [0.1, 0.15) is 5.15 Å². The smallest absolute Gasteiger partial charge is 0.129 e. The van der Waals surface area contributed by atoms with Gasteiger partial charge in [-0.2, -0.15) is 0 Å². The Kier molecular flexibility index (Phi) is 4.99. The van der Waals surface area contributed by atoms with Crippen molar-refractivity contribution in [2.75, 3.05) is 6.54 Å². The van der Waals surface area contributed by atoms with E-state index in [0.717, 1.165) is 48.5 Å². The number of benzene rings is 1. The molecular formula is C16H14Cl3N3. The van der Waals surface area contributed by atoms with Crippen molar-refractivity contribution < 1.29 is 0 Å². The van der Waals surface area contributed by atoms with Gasteiger partial charge in [-0.05, 0) is 41.8 Å². The Morgan fingerprint density at radius 3 is 2.59 bits per heavy atom. The zero-order valence-electron chi connectivity index (χ0n) is 11.7. The van der Waals surface area contributed by atoms with Crippen molar-refractivity contribution in [1.29, 1.82) is 0 Å². The van der Waals surface area contributed by atoms with Gasteiger partial charge in [0, 0.05) is 35.3 Å². The summed E-state index contributed by atoms with van der Waals surface area (Å²) in [7, 11) is 0. The van der Waals surface area contributed by atoms with E-state index in [9.17, 15) is 0 Å². The van der Waals surface area contributed by atoms with Crippen LogP contribution in [0, 0.1) is 0 Å². The molecule has 0 saturated carbocycles. The number of fused-ring (bicyclic) bond motifs is 1. The van der Waals surface area contributed by atoms with Gasteiger partial charge in [0.15, 0.2) is 0 Å². The fourth-order valence-electron chi connectivity index (χ4n) is 2.46. The van der Waals surface area contributed by atoms with E-state index in [0.29, 0.717) is 15.2 Å². The summed E-state index contributed by atoms with van der Waals surface area (Å²) in [6, 6.07) is 7.44. The molecule has 1 aromatic carbocycles. The van der Waals surface area contributed by atoms with Crippen molar-refractivity contribution in [3.05, 3.63) is 56.8 Å². The second kappa shape index (κ2) is 6.97. The van der Waals surface area contributed by atoms with Gasteiger partial charge in [-0.3, -0.25) is 4.99 Å². The van der Waals surface area contributed by atoms with Crippen LogP contribution in [0.1, 0.15) is 17.5 Å². The lowest BCUT2D eigenvalue weighted by molar-refractivity contribution is 0.703. The highest BCUT2D eigenvalue weighted by molar-refractivity contribution is 6.34. The van der Waals surface area contributed by atoms with E-state index in [4.69, 9.17) is 34.8 Å². The number of aliphatic imine (C=N–C) groups is 1. The van der Waals surface area contributed by atoms with Crippen molar-refractivity contribution in [3.63, 3.8) is 0 Å². The molecule has 1 N–H and O–H groups in total. The van der Waals surface area contributed by atoms with Crippen molar-refractivity contribution in [2.45, 2.75) is 19.4 Å². The van der Waals surface area contributed by atoms with Crippen LogP contribution in [-0.4, -0.2) is 17.2 Å². The summed E-state index contributed by atoms with van der Waals surface area (Å²) in [4.78, 5) is 8.63. The Balaban J connectivity index is 1.49. The summed E-state index contributed by atoms with van der Waals surface area (Å²) in [6.45, 7) is 1.58. The number of halogens is 3. The van der Waals surface area contributed by atoms with Gasteiger partial charge < -0.3 is 5.32 Å². The number of rotatable bonds is 5. The van der Waals surface area contributed by atoms with Crippen LogP contribution in [0.25, 0.3) is 0 Å². The predicted octanol–water partition coefficient (Wildman–Crippen LogP) is 4.85. The van der Waals surface area contributed by atoms with Crippen LogP contribution < -0.4 is 5.32 Å².